The van der Waals surface area contributed by atoms with E-state index in [0.717, 1.165) is 36.5 Å². The number of aliphatic hydroxyl groups is 2. The molecular formula is C21H36O2. The van der Waals surface area contributed by atoms with Crippen LogP contribution in [0.25, 0.3) is 0 Å². The Morgan fingerprint density at radius 2 is 1.57 bits per heavy atom. The van der Waals surface area contributed by atoms with Gasteiger partial charge in [-0.05, 0) is 105 Å². The van der Waals surface area contributed by atoms with E-state index in [-0.39, 0.29) is 12.2 Å². The molecule has 2 heteroatoms. The summed E-state index contributed by atoms with van der Waals surface area (Å²) in [5.41, 5.74) is 0.860. The van der Waals surface area contributed by atoms with Crippen LogP contribution in [0.2, 0.25) is 0 Å². The molecule has 4 rings (SSSR count). The molecule has 0 aliphatic heterocycles. The zero-order valence-electron chi connectivity index (χ0n) is 15.3. The molecule has 132 valence electrons. The van der Waals surface area contributed by atoms with E-state index in [1.54, 1.807) is 0 Å². The van der Waals surface area contributed by atoms with Crippen LogP contribution >= 0.6 is 0 Å². The minimum Gasteiger partial charge on any atom is -0.393 e. The highest BCUT2D eigenvalue weighted by Gasteiger charge is 2.60. The third-order valence-electron chi connectivity index (χ3n) is 9.29. The lowest BCUT2D eigenvalue weighted by Gasteiger charge is -2.61. The third-order valence-corrected chi connectivity index (χ3v) is 9.29. The van der Waals surface area contributed by atoms with Crippen LogP contribution in [-0.2, 0) is 0 Å². The van der Waals surface area contributed by atoms with Crippen LogP contribution in [0.1, 0.15) is 78.6 Å². The molecule has 0 amide bonds. The molecule has 4 saturated carbocycles. The van der Waals surface area contributed by atoms with Gasteiger partial charge in [-0.15, -0.1) is 0 Å². The van der Waals surface area contributed by atoms with Crippen molar-refractivity contribution in [3.05, 3.63) is 0 Å². The van der Waals surface area contributed by atoms with Crippen LogP contribution in [-0.4, -0.2) is 22.4 Å². The van der Waals surface area contributed by atoms with E-state index in [4.69, 9.17) is 0 Å². The minimum atomic E-state index is -0.140. The zero-order chi connectivity index (χ0) is 16.4. The molecule has 0 aromatic rings. The summed E-state index contributed by atoms with van der Waals surface area (Å²) in [5, 5.41) is 20.4. The van der Waals surface area contributed by atoms with E-state index in [9.17, 15) is 10.2 Å². The molecule has 23 heavy (non-hydrogen) atoms. The van der Waals surface area contributed by atoms with Gasteiger partial charge in [0.25, 0.3) is 0 Å². The highest BCUT2D eigenvalue weighted by atomic mass is 16.3. The molecule has 0 heterocycles. The Hall–Kier alpha value is -0.0800. The summed E-state index contributed by atoms with van der Waals surface area (Å²) in [6, 6.07) is 0. The lowest BCUT2D eigenvalue weighted by atomic mass is 9.44. The second-order valence-electron chi connectivity index (χ2n) is 10.1. The van der Waals surface area contributed by atoms with E-state index >= 15 is 0 Å². The van der Waals surface area contributed by atoms with Crippen LogP contribution in [0, 0.1) is 40.4 Å². The fourth-order valence-corrected chi connectivity index (χ4v) is 8.07. The molecule has 4 fully saturated rings. The van der Waals surface area contributed by atoms with Crippen molar-refractivity contribution in [2.24, 2.45) is 40.4 Å². The molecule has 1 unspecified atom stereocenters. The maximum absolute atomic E-state index is 10.3. The predicted molar refractivity (Wildman–Crippen MR) is 92.9 cm³/mol. The van der Waals surface area contributed by atoms with E-state index < -0.39 is 0 Å². The monoisotopic (exact) mass is 320 g/mol. The first kappa shape index (κ1) is 16.4. The number of rotatable bonds is 1. The molecule has 0 aromatic carbocycles. The van der Waals surface area contributed by atoms with Crippen molar-refractivity contribution in [1.29, 1.82) is 0 Å². The van der Waals surface area contributed by atoms with Gasteiger partial charge in [-0.25, -0.2) is 0 Å². The van der Waals surface area contributed by atoms with Gasteiger partial charge in [0.05, 0.1) is 12.2 Å². The molecule has 4 aliphatic carbocycles. The third kappa shape index (κ3) is 2.27. The molecule has 2 nitrogen and oxygen atoms in total. The van der Waals surface area contributed by atoms with Crippen LogP contribution in [0.5, 0.6) is 0 Å². The molecule has 4 aliphatic rings. The van der Waals surface area contributed by atoms with Crippen molar-refractivity contribution in [2.45, 2.75) is 90.8 Å². The number of fused-ring (bicyclic) bond motifs is 5. The van der Waals surface area contributed by atoms with Gasteiger partial charge in [0.15, 0.2) is 0 Å². The van der Waals surface area contributed by atoms with Crippen molar-refractivity contribution in [3.63, 3.8) is 0 Å². The molecule has 0 radical (unpaired) electrons. The molecular weight excluding hydrogens is 284 g/mol. The van der Waals surface area contributed by atoms with Gasteiger partial charge in [-0.1, -0.05) is 13.8 Å². The normalized spacial score (nSPS) is 57.3. The van der Waals surface area contributed by atoms with Crippen LogP contribution in [0.15, 0.2) is 0 Å². The van der Waals surface area contributed by atoms with Gasteiger partial charge in [0.1, 0.15) is 0 Å². The molecule has 0 spiro atoms. The lowest BCUT2D eigenvalue weighted by Crippen LogP contribution is -2.54. The summed E-state index contributed by atoms with van der Waals surface area (Å²) in [5.74, 6) is 3.87. The Morgan fingerprint density at radius 1 is 0.870 bits per heavy atom. The Kier molecular flexibility index (Phi) is 3.89. The molecule has 2 N–H and O–H groups in total. The smallest absolute Gasteiger partial charge is 0.0545 e. The largest absolute Gasteiger partial charge is 0.393 e. The van der Waals surface area contributed by atoms with Gasteiger partial charge in [0.2, 0.25) is 0 Å². The average Bonchev–Trinajstić information content (AvgIpc) is 2.85. The fourth-order valence-electron chi connectivity index (χ4n) is 8.07. The summed E-state index contributed by atoms with van der Waals surface area (Å²) in [6.45, 7) is 7.08. The lowest BCUT2D eigenvalue weighted by molar-refractivity contribution is -0.132. The van der Waals surface area contributed by atoms with Crippen LogP contribution in [0.4, 0.5) is 0 Å². The second kappa shape index (κ2) is 5.46. The Balaban J connectivity index is 1.60. The number of aliphatic hydroxyl groups excluding tert-OH is 2. The van der Waals surface area contributed by atoms with Crippen molar-refractivity contribution in [1.82, 2.24) is 0 Å². The Morgan fingerprint density at radius 3 is 2.30 bits per heavy atom. The van der Waals surface area contributed by atoms with E-state index in [2.05, 4.69) is 13.8 Å². The van der Waals surface area contributed by atoms with Crippen molar-refractivity contribution in [3.8, 4) is 0 Å². The van der Waals surface area contributed by atoms with E-state index in [1.165, 1.54) is 44.9 Å². The highest BCUT2D eigenvalue weighted by Crippen LogP contribution is 2.67. The summed E-state index contributed by atoms with van der Waals surface area (Å²) in [7, 11) is 0. The van der Waals surface area contributed by atoms with Crippen molar-refractivity contribution in [2.75, 3.05) is 0 Å². The second-order valence-corrected chi connectivity index (χ2v) is 10.1. The first-order valence-electron chi connectivity index (χ1n) is 10.2. The first-order valence-corrected chi connectivity index (χ1v) is 10.2. The maximum Gasteiger partial charge on any atom is 0.0545 e. The van der Waals surface area contributed by atoms with Gasteiger partial charge in [0, 0.05) is 0 Å². The Labute approximate surface area is 142 Å². The van der Waals surface area contributed by atoms with E-state index in [0.29, 0.717) is 16.7 Å². The predicted octanol–water partition coefficient (Wildman–Crippen LogP) is 4.39. The molecule has 0 saturated heterocycles. The number of hydrogen-bond acceptors (Lipinski definition) is 2. The summed E-state index contributed by atoms with van der Waals surface area (Å²) < 4.78 is 0. The number of hydrogen-bond donors (Lipinski definition) is 2. The van der Waals surface area contributed by atoms with E-state index in [1.807, 2.05) is 6.92 Å². The first-order chi connectivity index (χ1) is 10.9. The van der Waals surface area contributed by atoms with Crippen molar-refractivity contribution >= 4 is 0 Å². The topological polar surface area (TPSA) is 40.5 Å². The molecule has 0 aromatic heterocycles. The highest BCUT2D eigenvalue weighted by molar-refractivity contribution is 5.09. The standard InChI is InChI=1S/C21H36O2/c1-13(22)17-6-7-18-16-5-4-14-12-15(23)8-10-20(14,2)19(16)9-11-21(17,18)3/h13-19,22-23H,4-12H2,1-3H3/t13-,14-,15+,16-,17?,18-,19-,20-,21+/m0/s1. The van der Waals surface area contributed by atoms with Crippen LogP contribution in [0.3, 0.4) is 0 Å². The van der Waals surface area contributed by atoms with Gasteiger partial charge < -0.3 is 10.2 Å². The molecule has 0 bridgehead atoms. The van der Waals surface area contributed by atoms with Gasteiger partial charge in [-0.2, -0.15) is 0 Å². The zero-order valence-corrected chi connectivity index (χ0v) is 15.3. The minimum absolute atomic E-state index is 0.0374. The maximum atomic E-state index is 10.3. The van der Waals surface area contributed by atoms with Crippen molar-refractivity contribution < 1.29 is 10.2 Å². The van der Waals surface area contributed by atoms with Gasteiger partial charge in [-0.3, -0.25) is 0 Å². The fraction of sp³-hybridized carbons (Fsp3) is 1.00. The Bertz CT molecular complexity index is 461. The van der Waals surface area contributed by atoms with Crippen LogP contribution < -0.4 is 0 Å². The summed E-state index contributed by atoms with van der Waals surface area (Å²) >= 11 is 0. The average molecular weight is 321 g/mol. The molecule has 9 atom stereocenters. The van der Waals surface area contributed by atoms with Gasteiger partial charge >= 0.3 is 0 Å². The SMILES string of the molecule is C[C@H](O)C1CC[C@H]2[C@@H]3CC[C@H]4C[C@H](O)CC[C@]4(C)[C@H]3CC[C@]12C. The summed E-state index contributed by atoms with van der Waals surface area (Å²) in [4.78, 5) is 0. The quantitative estimate of drug-likeness (QED) is 0.752. The summed E-state index contributed by atoms with van der Waals surface area (Å²) in [6.07, 6.45) is 11.1.